The third-order valence-corrected chi connectivity index (χ3v) is 5.19. The van der Waals surface area contributed by atoms with Gasteiger partial charge in [-0.25, -0.2) is 0 Å². The molecule has 2 heteroatoms. The molecule has 5 atom stereocenters. The molecular weight excluding hydrogens is 222 g/mol. The number of hydrogen-bond acceptors (Lipinski definition) is 2. The van der Waals surface area contributed by atoms with Crippen LogP contribution in [0.5, 0.6) is 0 Å². The quantitative estimate of drug-likeness (QED) is 0.752. The molecule has 0 aromatic rings. The smallest absolute Gasteiger partial charge is 0.135 e. The summed E-state index contributed by atoms with van der Waals surface area (Å²) in [4.78, 5) is 12.2. The van der Waals surface area contributed by atoms with Crippen LogP contribution in [0, 0.1) is 23.7 Å². The number of carbonyl (C=O) groups is 1. The number of ketones is 1. The van der Waals surface area contributed by atoms with Crippen molar-refractivity contribution in [3.8, 4) is 0 Å². The highest BCUT2D eigenvalue weighted by atomic mass is 16.1. The van der Waals surface area contributed by atoms with Crippen molar-refractivity contribution in [2.45, 2.75) is 71.3 Å². The van der Waals surface area contributed by atoms with Gasteiger partial charge in [0, 0.05) is 18.4 Å². The monoisotopic (exact) mass is 251 g/mol. The van der Waals surface area contributed by atoms with Gasteiger partial charge in [-0.05, 0) is 56.8 Å². The summed E-state index contributed by atoms with van der Waals surface area (Å²) in [7, 11) is 0. The second-order valence-corrected chi connectivity index (χ2v) is 6.91. The highest BCUT2D eigenvalue weighted by molar-refractivity contribution is 5.80. The Morgan fingerprint density at radius 2 is 2.00 bits per heavy atom. The van der Waals surface area contributed by atoms with E-state index in [4.69, 9.17) is 5.73 Å². The first-order valence-electron chi connectivity index (χ1n) is 7.84. The van der Waals surface area contributed by atoms with Crippen LogP contribution < -0.4 is 5.73 Å². The fourth-order valence-electron chi connectivity index (χ4n) is 3.99. The van der Waals surface area contributed by atoms with Crippen LogP contribution in [-0.2, 0) is 4.79 Å². The van der Waals surface area contributed by atoms with Crippen molar-refractivity contribution in [3.63, 3.8) is 0 Å². The van der Waals surface area contributed by atoms with E-state index in [9.17, 15) is 4.79 Å². The van der Waals surface area contributed by atoms with Crippen molar-refractivity contribution in [2.75, 3.05) is 0 Å². The number of carbonyl (C=O) groups excluding carboxylic acids is 1. The molecule has 0 amide bonds. The first-order valence-corrected chi connectivity index (χ1v) is 7.84. The van der Waals surface area contributed by atoms with Gasteiger partial charge in [-0.2, -0.15) is 0 Å². The van der Waals surface area contributed by atoms with E-state index >= 15 is 0 Å². The van der Waals surface area contributed by atoms with E-state index in [0.29, 0.717) is 5.78 Å². The molecule has 2 nitrogen and oxygen atoms in total. The Kier molecular flexibility index (Phi) is 4.83. The summed E-state index contributed by atoms with van der Waals surface area (Å²) in [6.45, 7) is 4.15. The van der Waals surface area contributed by atoms with Gasteiger partial charge in [-0.15, -0.1) is 0 Å². The van der Waals surface area contributed by atoms with Crippen LogP contribution in [0.25, 0.3) is 0 Å². The van der Waals surface area contributed by atoms with E-state index in [1.165, 1.54) is 25.7 Å². The summed E-state index contributed by atoms with van der Waals surface area (Å²) in [6.07, 6.45) is 9.61. The molecule has 0 aliphatic heterocycles. The van der Waals surface area contributed by atoms with Crippen molar-refractivity contribution in [3.05, 3.63) is 0 Å². The highest BCUT2D eigenvalue weighted by Crippen LogP contribution is 2.49. The normalized spacial score (nSPS) is 33.6. The van der Waals surface area contributed by atoms with Gasteiger partial charge in [-0.3, -0.25) is 4.79 Å². The van der Waals surface area contributed by atoms with Gasteiger partial charge >= 0.3 is 0 Å². The van der Waals surface area contributed by atoms with Crippen LogP contribution in [0.4, 0.5) is 0 Å². The molecular formula is C16H29NO. The van der Waals surface area contributed by atoms with Gasteiger partial charge in [0.2, 0.25) is 0 Å². The second-order valence-electron chi connectivity index (χ2n) is 6.91. The maximum atomic E-state index is 12.2. The number of nitrogens with two attached hydrogens (primary N) is 1. The molecule has 0 saturated heterocycles. The largest absolute Gasteiger partial charge is 0.328 e. The zero-order valence-corrected chi connectivity index (χ0v) is 12.0. The Balaban J connectivity index is 1.67. The predicted molar refractivity (Wildman–Crippen MR) is 75.2 cm³/mol. The van der Waals surface area contributed by atoms with Crippen LogP contribution in [0.1, 0.15) is 65.2 Å². The Morgan fingerprint density at radius 1 is 1.22 bits per heavy atom. The van der Waals surface area contributed by atoms with Crippen molar-refractivity contribution in [2.24, 2.45) is 29.4 Å². The summed E-state index contributed by atoms with van der Waals surface area (Å²) < 4.78 is 0. The molecule has 2 aliphatic rings. The van der Waals surface area contributed by atoms with Gasteiger partial charge in [0.1, 0.15) is 5.78 Å². The Morgan fingerprint density at radius 3 is 2.56 bits per heavy atom. The van der Waals surface area contributed by atoms with Crippen LogP contribution in [-0.4, -0.2) is 11.8 Å². The van der Waals surface area contributed by atoms with Gasteiger partial charge in [0.25, 0.3) is 0 Å². The second kappa shape index (κ2) is 6.18. The summed E-state index contributed by atoms with van der Waals surface area (Å²) in [6, 6.07) is 0.276. The van der Waals surface area contributed by atoms with Crippen molar-refractivity contribution in [1.82, 2.24) is 0 Å². The summed E-state index contributed by atoms with van der Waals surface area (Å²) in [5, 5.41) is 0. The molecule has 0 heterocycles. The SMILES string of the molecule is CC(N)CCCC(C)C(=O)CC1CC2CCC1C2. The van der Waals surface area contributed by atoms with E-state index in [1.807, 2.05) is 6.92 Å². The molecule has 2 aliphatic carbocycles. The molecule has 0 aromatic heterocycles. The standard InChI is InChI=1S/C16H29NO/c1-11(4-3-5-12(2)17)16(18)10-15-9-13-6-7-14(15)8-13/h11-15H,3-10,17H2,1-2H3. The van der Waals surface area contributed by atoms with Crippen LogP contribution in [0.2, 0.25) is 0 Å². The Hall–Kier alpha value is -0.370. The first kappa shape index (κ1) is 14.0. The van der Waals surface area contributed by atoms with Crippen molar-refractivity contribution < 1.29 is 4.79 Å². The number of fused-ring (bicyclic) bond motifs is 2. The van der Waals surface area contributed by atoms with Crippen molar-refractivity contribution >= 4 is 5.78 Å². The average Bonchev–Trinajstić information content (AvgIpc) is 2.90. The predicted octanol–water partition coefficient (Wildman–Crippen LogP) is 3.54. The summed E-state index contributed by atoms with van der Waals surface area (Å²) in [5.74, 6) is 3.34. The highest BCUT2D eigenvalue weighted by Gasteiger charge is 2.40. The third-order valence-electron chi connectivity index (χ3n) is 5.19. The lowest BCUT2D eigenvalue weighted by atomic mass is 9.82. The van der Waals surface area contributed by atoms with E-state index in [2.05, 4.69) is 6.92 Å². The number of Topliss-reactive ketones (excluding diaryl/α,β-unsaturated/α-hetero) is 1. The van der Waals surface area contributed by atoms with Crippen molar-refractivity contribution in [1.29, 1.82) is 0 Å². The minimum Gasteiger partial charge on any atom is -0.328 e. The zero-order chi connectivity index (χ0) is 13.1. The molecule has 0 spiro atoms. The zero-order valence-electron chi connectivity index (χ0n) is 12.0. The first-order chi connectivity index (χ1) is 8.56. The van der Waals surface area contributed by atoms with E-state index < -0.39 is 0 Å². The maximum absolute atomic E-state index is 12.2. The minimum absolute atomic E-state index is 0.253. The summed E-state index contributed by atoms with van der Waals surface area (Å²) >= 11 is 0. The minimum atomic E-state index is 0.253. The molecule has 5 unspecified atom stereocenters. The molecule has 2 rings (SSSR count). The molecule has 2 N–H and O–H groups in total. The number of hydrogen-bond donors (Lipinski definition) is 1. The maximum Gasteiger partial charge on any atom is 0.135 e. The van der Waals surface area contributed by atoms with Gasteiger partial charge in [0.05, 0.1) is 0 Å². The molecule has 18 heavy (non-hydrogen) atoms. The van der Waals surface area contributed by atoms with Gasteiger partial charge in [-0.1, -0.05) is 19.8 Å². The Bertz CT molecular complexity index is 287. The van der Waals surface area contributed by atoms with Crippen LogP contribution >= 0.6 is 0 Å². The molecule has 2 fully saturated rings. The lowest BCUT2D eigenvalue weighted by Gasteiger charge is -2.22. The molecule has 2 saturated carbocycles. The third kappa shape index (κ3) is 3.57. The lowest BCUT2D eigenvalue weighted by Crippen LogP contribution is -2.20. The fraction of sp³-hybridized carbons (Fsp3) is 0.938. The van der Waals surface area contributed by atoms with Crippen LogP contribution in [0.15, 0.2) is 0 Å². The fourth-order valence-corrected chi connectivity index (χ4v) is 3.99. The topological polar surface area (TPSA) is 43.1 Å². The molecule has 0 radical (unpaired) electrons. The lowest BCUT2D eigenvalue weighted by molar-refractivity contribution is -0.123. The number of rotatable bonds is 7. The average molecular weight is 251 g/mol. The molecule has 0 aromatic carbocycles. The summed E-state index contributed by atoms with van der Waals surface area (Å²) in [5.41, 5.74) is 5.74. The van der Waals surface area contributed by atoms with E-state index in [0.717, 1.165) is 43.4 Å². The van der Waals surface area contributed by atoms with Gasteiger partial charge in [0.15, 0.2) is 0 Å². The Labute approximate surface area is 112 Å². The van der Waals surface area contributed by atoms with E-state index in [1.54, 1.807) is 0 Å². The van der Waals surface area contributed by atoms with Crippen LogP contribution in [0.3, 0.4) is 0 Å². The van der Waals surface area contributed by atoms with Gasteiger partial charge < -0.3 is 5.73 Å². The molecule has 104 valence electrons. The van der Waals surface area contributed by atoms with E-state index in [-0.39, 0.29) is 12.0 Å². The molecule has 2 bridgehead atoms.